The van der Waals surface area contributed by atoms with Crippen molar-refractivity contribution in [3.8, 4) is 0 Å². The van der Waals surface area contributed by atoms with E-state index in [0.717, 1.165) is 28.1 Å². The molecule has 142 valence electrons. The monoisotopic (exact) mass is 383 g/mol. The van der Waals surface area contributed by atoms with E-state index in [4.69, 9.17) is 4.74 Å². The Labute approximate surface area is 165 Å². The smallest absolute Gasteiger partial charge is 0.331 e. The average Bonchev–Trinajstić information content (AvgIpc) is 2.71. The highest BCUT2D eigenvalue weighted by Gasteiger charge is 2.12. The molecular weight excluding hydrogens is 358 g/mol. The van der Waals surface area contributed by atoms with Crippen molar-refractivity contribution >= 4 is 35.4 Å². The topological polar surface area (TPSA) is 55.4 Å². The lowest BCUT2D eigenvalue weighted by Crippen LogP contribution is -2.21. The lowest BCUT2D eigenvalue weighted by atomic mass is 9.97. The standard InChI is InChI=1S/C22H25NO3S/c1-4-16(2)19-7-5-6-8-20(19)23-21(24)15-26-22(25)14-11-17-9-12-18(27-3)13-10-17/h5-14,16H,4,15H2,1-3H3,(H,23,24)/b14-11+/t16-/m1/s1. The third-order valence-electron chi connectivity index (χ3n) is 4.25. The van der Waals surface area contributed by atoms with Crippen molar-refractivity contribution in [1.29, 1.82) is 0 Å². The van der Waals surface area contributed by atoms with Gasteiger partial charge in [0, 0.05) is 16.7 Å². The molecule has 0 aliphatic rings. The Hall–Kier alpha value is -2.53. The van der Waals surface area contributed by atoms with E-state index in [-0.39, 0.29) is 12.5 Å². The summed E-state index contributed by atoms with van der Waals surface area (Å²) in [5, 5.41) is 2.82. The maximum atomic E-state index is 12.1. The molecular formula is C22H25NO3S. The molecule has 0 unspecified atom stereocenters. The van der Waals surface area contributed by atoms with Crippen LogP contribution in [0.4, 0.5) is 5.69 Å². The van der Waals surface area contributed by atoms with Gasteiger partial charge in [-0.25, -0.2) is 4.79 Å². The maximum Gasteiger partial charge on any atom is 0.331 e. The number of carbonyl (C=O) groups excluding carboxylic acids is 2. The Morgan fingerprint density at radius 1 is 1.15 bits per heavy atom. The van der Waals surface area contributed by atoms with Gasteiger partial charge in [-0.1, -0.05) is 44.2 Å². The summed E-state index contributed by atoms with van der Waals surface area (Å²) < 4.78 is 5.03. The van der Waals surface area contributed by atoms with Crippen molar-refractivity contribution in [2.24, 2.45) is 0 Å². The van der Waals surface area contributed by atoms with Gasteiger partial charge in [0.1, 0.15) is 0 Å². The van der Waals surface area contributed by atoms with Crippen molar-refractivity contribution in [3.63, 3.8) is 0 Å². The van der Waals surface area contributed by atoms with Gasteiger partial charge >= 0.3 is 5.97 Å². The van der Waals surface area contributed by atoms with E-state index < -0.39 is 5.97 Å². The van der Waals surface area contributed by atoms with Crippen LogP contribution in [0, 0.1) is 0 Å². The Bertz CT molecular complexity index is 799. The van der Waals surface area contributed by atoms with Crippen LogP contribution in [-0.2, 0) is 14.3 Å². The van der Waals surface area contributed by atoms with E-state index in [1.807, 2.05) is 54.8 Å². The largest absolute Gasteiger partial charge is 0.452 e. The van der Waals surface area contributed by atoms with Crippen LogP contribution in [0.3, 0.4) is 0 Å². The summed E-state index contributed by atoms with van der Waals surface area (Å²) >= 11 is 1.66. The van der Waals surface area contributed by atoms with Crippen LogP contribution in [0.1, 0.15) is 37.3 Å². The van der Waals surface area contributed by atoms with Gasteiger partial charge in [0.05, 0.1) is 0 Å². The minimum atomic E-state index is -0.547. The zero-order valence-corrected chi connectivity index (χ0v) is 16.7. The van der Waals surface area contributed by atoms with E-state index in [0.29, 0.717) is 5.92 Å². The molecule has 0 saturated carbocycles. The van der Waals surface area contributed by atoms with Crippen LogP contribution in [0.15, 0.2) is 59.5 Å². The predicted octanol–water partition coefficient (Wildman–Crippen LogP) is 5.12. The molecule has 0 saturated heterocycles. The Kier molecular flexibility index (Phi) is 8.14. The summed E-state index contributed by atoms with van der Waals surface area (Å²) in [6.45, 7) is 3.90. The molecule has 0 spiro atoms. The van der Waals surface area contributed by atoms with Gasteiger partial charge in [-0.15, -0.1) is 11.8 Å². The van der Waals surface area contributed by atoms with E-state index in [1.54, 1.807) is 17.8 Å². The van der Waals surface area contributed by atoms with E-state index in [1.165, 1.54) is 6.08 Å². The summed E-state index contributed by atoms with van der Waals surface area (Å²) in [6.07, 6.45) is 5.98. The summed E-state index contributed by atoms with van der Waals surface area (Å²) in [5.41, 5.74) is 2.74. The minimum Gasteiger partial charge on any atom is -0.452 e. The molecule has 0 aliphatic carbocycles. The number of nitrogens with one attached hydrogen (secondary N) is 1. The number of carbonyl (C=O) groups is 2. The molecule has 0 bridgehead atoms. The van der Waals surface area contributed by atoms with E-state index >= 15 is 0 Å². The fourth-order valence-electron chi connectivity index (χ4n) is 2.51. The first-order valence-electron chi connectivity index (χ1n) is 8.91. The number of benzene rings is 2. The first-order valence-corrected chi connectivity index (χ1v) is 10.1. The Morgan fingerprint density at radius 3 is 2.52 bits per heavy atom. The summed E-state index contributed by atoms with van der Waals surface area (Å²) in [7, 11) is 0. The van der Waals surface area contributed by atoms with Gasteiger partial charge in [-0.3, -0.25) is 4.79 Å². The normalized spacial score (nSPS) is 12.0. The molecule has 2 aromatic carbocycles. The molecule has 2 aromatic rings. The second-order valence-electron chi connectivity index (χ2n) is 6.16. The fraction of sp³-hybridized carbons (Fsp3) is 0.273. The van der Waals surface area contributed by atoms with Crippen LogP contribution >= 0.6 is 11.8 Å². The number of thioether (sulfide) groups is 1. The molecule has 0 radical (unpaired) electrons. The van der Waals surface area contributed by atoms with Crippen molar-refractivity contribution < 1.29 is 14.3 Å². The van der Waals surface area contributed by atoms with E-state index in [9.17, 15) is 9.59 Å². The van der Waals surface area contributed by atoms with Gasteiger partial charge in [-0.05, 0) is 54.0 Å². The van der Waals surface area contributed by atoms with Gasteiger partial charge < -0.3 is 10.1 Å². The molecule has 0 fully saturated rings. The average molecular weight is 384 g/mol. The van der Waals surface area contributed by atoms with Crippen molar-refractivity contribution in [1.82, 2.24) is 0 Å². The molecule has 27 heavy (non-hydrogen) atoms. The first kappa shape index (κ1) is 20.8. The lowest BCUT2D eigenvalue weighted by molar-refractivity contribution is -0.142. The van der Waals surface area contributed by atoms with Crippen LogP contribution in [0.5, 0.6) is 0 Å². The van der Waals surface area contributed by atoms with Crippen molar-refractivity contribution in [2.45, 2.75) is 31.1 Å². The van der Waals surface area contributed by atoms with Crippen LogP contribution < -0.4 is 5.32 Å². The molecule has 4 nitrogen and oxygen atoms in total. The zero-order valence-electron chi connectivity index (χ0n) is 15.9. The number of hydrogen-bond donors (Lipinski definition) is 1. The molecule has 1 atom stereocenters. The highest BCUT2D eigenvalue weighted by atomic mass is 32.2. The molecule has 1 amide bonds. The molecule has 0 aliphatic heterocycles. The highest BCUT2D eigenvalue weighted by molar-refractivity contribution is 7.98. The number of para-hydroxylation sites is 1. The second kappa shape index (κ2) is 10.6. The number of rotatable bonds is 8. The predicted molar refractivity (Wildman–Crippen MR) is 112 cm³/mol. The van der Waals surface area contributed by atoms with Crippen LogP contribution in [0.25, 0.3) is 6.08 Å². The van der Waals surface area contributed by atoms with Crippen molar-refractivity contribution in [3.05, 3.63) is 65.7 Å². The first-order chi connectivity index (χ1) is 13.0. The Balaban J connectivity index is 1.86. The van der Waals surface area contributed by atoms with E-state index in [2.05, 4.69) is 19.2 Å². The molecule has 2 rings (SSSR count). The number of amides is 1. The molecule has 1 N–H and O–H groups in total. The second-order valence-corrected chi connectivity index (χ2v) is 7.04. The molecule has 0 heterocycles. The summed E-state index contributed by atoms with van der Waals surface area (Å²) in [5.74, 6) is -0.560. The van der Waals surface area contributed by atoms with Gasteiger partial charge in [0.2, 0.25) is 0 Å². The third kappa shape index (κ3) is 6.61. The number of ether oxygens (including phenoxy) is 1. The minimum absolute atomic E-state index is 0.316. The molecule has 0 aromatic heterocycles. The third-order valence-corrected chi connectivity index (χ3v) is 4.99. The summed E-state index contributed by atoms with van der Waals surface area (Å²) in [4.78, 5) is 25.1. The molecule has 5 heteroatoms. The summed E-state index contributed by atoms with van der Waals surface area (Å²) in [6, 6.07) is 15.5. The Morgan fingerprint density at radius 2 is 1.85 bits per heavy atom. The number of anilines is 1. The van der Waals surface area contributed by atoms with Gasteiger partial charge in [0.25, 0.3) is 5.91 Å². The quantitative estimate of drug-likeness (QED) is 0.391. The fourth-order valence-corrected chi connectivity index (χ4v) is 2.92. The lowest BCUT2D eigenvalue weighted by Gasteiger charge is -2.15. The SMILES string of the molecule is CC[C@@H](C)c1ccccc1NC(=O)COC(=O)/C=C/c1ccc(SC)cc1. The number of esters is 1. The highest BCUT2D eigenvalue weighted by Crippen LogP contribution is 2.26. The zero-order chi connectivity index (χ0) is 19.6. The van der Waals surface area contributed by atoms with Gasteiger partial charge in [0.15, 0.2) is 6.61 Å². The maximum absolute atomic E-state index is 12.1. The van der Waals surface area contributed by atoms with Crippen LogP contribution in [-0.4, -0.2) is 24.7 Å². The van der Waals surface area contributed by atoms with Crippen molar-refractivity contribution in [2.75, 3.05) is 18.2 Å². The van der Waals surface area contributed by atoms with Crippen LogP contribution in [0.2, 0.25) is 0 Å². The number of hydrogen-bond acceptors (Lipinski definition) is 4. The van der Waals surface area contributed by atoms with Gasteiger partial charge in [-0.2, -0.15) is 0 Å².